The number of aromatic nitrogens is 2. The van der Waals surface area contributed by atoms with Crippen LogP contribution in [0.5, 0.6) is 5.75 Å². The highest BCUT2D eigenvalue weighted by Crippen LogP contribution is 2.33. The highest BCUT2D eigenvalue weighted by molar-refractivity contribution is 6.31. The van der Waals surface area contributed by atoms with Gasteiger partial charge in [-0.2, -0.15) is 0 Å². The maximum Gasteiger partial charge on any atom is 0.310 e. The second-order valence-electron chi connectivity index (χ2n) is 5.38. The van der Waals surface area contributed by atoms with Crippen LogP contribution in [0.3, 0.4) is 0 Å². The van der Waals surface area contributed by atoms with E-state index in [-0.39, 0.29) is 30.2 Å². The molecule has 0 bridgehead atoms. The Balaban J connectivity index is 2.14. The first kappa shape index (κ1) is 17.1. The van der Waals surface area contributed by atoms with Gasteiger partial charge in [-0.15, -0.1) is 0 Å². The Morgan fingerprint density at radius 1 is 1.28 bits per heavy atom. The van der Waals surface area contributed by atoms with Gasteiger partial charge in [0.1, 0.15) is 11.4 Å². The molecule has 3 rings (SSSR count). The fourth-order valence-electron chi connectivity index (χ4n) is 2.42. The molecule has 2 heterocycles. The predicted octanol–water partition coefficient (Wildman–Crippen LogP) is 3.26. The van der Waals surface area contributed by atoms with Crippen LogP contribution in [0, 0.1) is 0 Å². The summed E-state index contributed by atoms with van der Waals surface area (Å²) < 4.78 is 5.38. The number of pyridine rings is 1. The van der Waals surface area contributed by atoms with Crippen LogP contribution in [-0.4, -0.2) is 26.8 Å². The number of rotatable bonds is 5. The number of ketones is 1. The van der Waals surface area contributed by atoms with E-state index >= 15 is 0 Å². The van der Waals surface area contributed by atoms with Crippen LogP contribution in [0.15, 0.2) is 36.5 Å². The standard InChI is InChI=1S/C18H15ClN2O4/c1-2-15(23)25-18-12-8-11(19)3-4-13(12)21-16(18)17(24)14-7-10(9-22)5-6-20-14/h3-8,21-22H,2,9H2,1H3. The van der Waals surface area contributed by atoms with E-state index in [9.17, 15) is 14.7 Å². The molecule has 0 atom stereocenters. The number of aliphatic hydroxyl groups is 1. The van der Waals surface area contributed by atoms with E-state index in [0.29, 0.717) is 21.5 Å². The number of carbonyl (C=O) groups excluding carboxylic acids is 2. The second kappa shape index (κ2) is 7.04. The summed E-state index contributed by atoms with van der Waals surface area (Å²) >= 11 is 6.03. The summed E-state index contributed by atoms with van der Waals surface area (Å²) in [6.07, 6.45) is 1.61. The monoisotopic (exact) mass is 358 g/mol. The molecule has 0 fully saturated rings. The number of aromatic amines is 1. The van der Waals surface area contributed by atoms with E-state index in [1.165, 1.54) is 12.3 Å². The molecule has 1 aromatic carbocycles. The molecule has 6 nitrogen and oxygen atoms in total. The molecular weight excluding hydrogens is 344 g/mol. The third-order valence-electron chi connectivity index (χ3n) is 3.68. The average Bonchev–Trinajstić information content (AvgIpc) is 2.98. The minimum atomic E-state index is -0.466. The number of carbonyl (C=O) groups is 2. The van der Waals surface area contributed by atoms with Crippen LogP contribution in [0.25, 0.3) is 10.9 Å². The van der Waals surface area contributed by atoms with Gasteiger partial charge in [0.05, 0.1) is 6.61 Å². The van der Waals surface area contributed by atoms with Crippen molar-refractivity contribution in [2.45, 2.75) is 20.0 Å². The molecule has 2 aromatic heterocycles. The number of hydrogen-bond acceptors (Lipinski definition) is 5. The molecule has 0 radical (unpaired) electrons. The van der Waals surface area contributed by atoms with E-state index in [4.69, 9.17) is 16.3 Å². The summed E-state index contributed by atoms with van der Waals surface area (Å²) in [4.78, 5) is 31.7. The van der Waals surface area contributed by atoms with Gasteiger partial charge in [-0.1, -0.05) is 18.5 Å². The summed E-state index contributed by atoms with van der Waals surface area (Å²) in [5.41, 5.74) is 1.43. The van der Waals surface area contributed by atoms with Gasteiger partial charge in [0.25, 0.3) is 0 Å². The maximum atomic E-state index is 12.9. The van der Waals surface area contributed by atoms with Gasteiger partial charge in [-0.25, -0.2) is 0 Å². The van der Waals surface area contributed by atoms with E-state index in [2.05, 4.69) is 9.97 Å². The maximum absolute atomic E-state index is 12.9. The SMILES string of the molecule is CCC(=O)Oc1c(C(=O)c2cc(CO)ccn2)[nH]c2ccc(Cl)cc12. The summed E-state index contributed by atoms with van der Waals surface area (Å²) in [5.74, 6) is -0.779. The molecule has 7 heteroatoms. The zero-order valence-electron chi connectivity index (χ0n) is 13.4. The summed E-state index contributed by atoms with van der Waals surface area (Å²) in [6.45, 7) is 1.46. The largest absolute Gasteiger partial charge is 0.423 e. The van der Waals surface area contributed by atoms with E-state index in [0.717, 1.165) is 0 Å². The smallest absolute Gasteiger partial charge is 0.310 e. The number of nitrogens with one attached hydrogen (secondary N) is 1. The molecule has 128 valence electrons. The molecule has 25 heavy (non-hydrogen) atoms. The molecule has 0 aliphatic rings. The normalized spacial score (nSPS) is 10.8. The molecule has 2 N–H and O–H groups in total. The van der Waals surface area contributed by atoms with Crippen LogP contribution in [0.4, 0.5) is 0 Å². The minimum Gasteiger partial charge on any atom is -0.423 e. The Hall–Kier alpha value is -2.70. The lowest BCUT2D eigenvalue weighted by Crippen LogP contribution is -2.11. The first-order valence-corrected chi connectivity index (χ1v) is 8.03. The second-order valence-corrected chi connectivity index (χ2v) is 5.82. The van der Waals surface area contributed by atoms with Crippen LogP contribution in [0.1, 0.15) is 35.1 Å². The van der Waals surface area contributed by atoms with E-state index < -0.39 is 11.8 Å². The Morgan fingerprint density at radius 3 is 2.80 bits per heavy atom. The first-order valence-electron chi connectivity index (χ1n) is 7.66. The van der Waals surface area contributed by atoms with E-state index in [1.807, 2.05) is 0 Å². The molecule has 0 saturated heterocycles. The van der Waals surface area contributed by atoms with Crippen molar-refractivity contribution in [2.75, 3.05) is 0 Å². The number of benzene rings is 1. The number of esters is 1. The third-order valence-corrected chi connectivity index (χ3v) is 3.92. The number of fused-ring (bicyclic) bond motifs is 1. The van der Waals surface area contributed by atoms with Crippen LogP contribution in [0.2, 0.25) is 5.02 Å². The van der Waals surface area contributed by atoms with Crippen molar-refractivity contribution in [2.24, 2.45) is 0 Å². The predicted molar refractivity (Wildman–Crippen MR) is 92.8 cm³/mol. The van der Waals surface area contributed by atoms with Crippen molar-refractivity contribution >= 4 is 34.3 Å². The minimum absolute atomic E-state index is 0.113. The summed E-state index contributed by atoms with van der Waals surface area (Å²) in [6, 6.07) is 8.10. The molecule has 0 aliphatic carbocycles. The highest BCUT2D eigenvalue weighted by atomic mass is 35.5. The van der Waals surface area contributed by atoms with Crippen LogP contribution >= 0.6 is 11.6 Å². The van der Waals surface area contributed by atoms with Gasteiger partial charge in [0.15, 0.2) is 5.75 Å². The number of nitrogens with zero attached hydrogens (tertiary/aromatic N) is 1. The zero-order valence-corrected chi connectivity index (χ0v) is 14.1. The zero-order chi connectivity index (χ0) is 18.0. The molecular formula is C18H15ClN2O4. The van der Waals surface area contributed by atoms with Crippen LogP contribution < -0.4 is 4.74 Å². The number of aliphatic hydroxyl groups excluding tert-OH is 1. The van der Waals surface area contributed by atoms with Gasteiger partial charge in [-0.05, 0) is 35.9 Å². The Morgan fingerprint density at radius 2 is 2.08 bits per heavy atom. The van der Waals surface area contributed by atoms with Crippen molar-refractivity contribution in [3.05, 3.63) is 58.5 Å². The van der Waals surface area contributed by atoms with Gasteiger partial charge in [-0.3, -0.25) is 14.6 Å². The Bertz CT molecular complexity index is 965. The number of hydrogen-bond donors (Lipinski definition) is 2. The van der Waals surface area contributed by atoms with Gasteiger partial charge in [0, 0.05) is 28.5 Å². The van der Waals surface area contributed by atoms with Crippen molar-refractivity contribution in [3.8, 4) is 5.75 Å². The highest BCUT2D eigenvalue weighted by Gasteiger charge is 2.23. The van der Waals surface area contributed by atoms with Crippen molar-refractivity contribution in [1.82, 2.24) is 9.97 Å². The van der Waals surface area contributed by atoms with E-state index in [1.54, 1.807) is 31.2 Å². The lowest BCUT2D eigenvalue weighted by molar-refractivity contribution is -0.133. The van der Waals surface area contributed by atoms with Crippen molar-refractivity contribution < 1.29 is 19.4 Å². The molecule has 3 aromatic rings. The molecule has 0 unspecified atom stereocenters. The topological polar surface area (TPSA) is 92.3 Å². The molecule has 0 spiro atoms. The number of halogens is 1. The number of ether oxygens (including phenoxy) is 1. The molecule has 0 amide bonds. The fraction of sp³-hybridized carbons (Fsp3) is 0.167. The number of H-pyrrole nitrogens is 1. The fourth-order valence-corrected chi connectivity index (χ4v) is 2.59. The lowest BCUT2D eigenvalue weighted by atomic mass is 10.1. The molecule has 0 saturated carbocycles. The average molecular weight is 359 g/mol. The quantitative estimate of drug-likeness (QED) is 0.539. The van der Waals surface area contributed by atoms with Gasteiger partial charge in [0.2, 0.25) is 5.78 Å². The lowest BCUT2D eigenvalue weighted by Gasteiger charge is -2.05. The van der Waals surface area contributed by atoms with Crippen LogP contribution in [-0.2, 0) is 11.4 Å². The van der Waals surface area contributed by atoms with Gasteiger partial charge >= 0.3 is 5.97 Å². The summed E-state index contributed by atoms with van der Waals surface area (Å²) in [5, 5.41) is 10.2. The summed E-state index contributed by atoms with van der Waals surface area (Å²) in [7, 11) is 0. The Kier molecular flexibility index (Phi) is 4.83. The molecule has 0 aliphatic heterocycles. The van der Waals surface area contributed by atoms with Gasteiger partial charge < -0.3 is 14.8 Å². The Labute approximate surface area is 148 Å². The van der Waals surface area contributed by atoms with Crippen molar-refractivity contribution in [3.63, 3.8) is 0 Å². The third kappa shape index (κ3) is 3.40. The first-order chi connectivity index (χ1) is 12.0. The van der Waals surface area contributed by atoms with Crippen molar-refractivity contribution in [1.29, 1.82) is 0 Å².